The van der Waals surface area contributed by atoms with Gasteiger partial charge in [-0.05, 0) is 19.1 Å². The molecule has 1 atom stereocenters. The number of hydrogen-bond donors (Lipinski definition) is 4. The molecule has 0 aliphatic carbocycles. The van der Waals surface area contributed by atoms with Gasteiger partial charge in [0.2, 0.25) is 0 Å². The molecule has 1 aromatic carbocycles. The standard InChI is InChI=1S/C17H13F5N4O3/c1-6-9-2-7(18)3-10(19)13(9)29-12(6)14(17(20,21)22)26-16(28)25-8-4-11(15(23)27)24-5-8/h2-5,14,24H,1H3,(H2,23,27)(H2,25,26,28)/t14-/m1/s1. The highest BCUT2D eigenvalue weighted by Crippen LogP contribution is 2.39. The Morgan fingerprint density at radius 3 is 2.48 bits per heavy atom. The summed E-state index contributed by atoms with van der Waals surface area (Å²) in [4.78, 5) is 25.5. The highest BCUT2D eigenvalue weighted by molar-refractivity contribution is 5.95. The van der Waals surface area contributed by atoms with Crippen molar-refractivity contribution < 1.29 is 36.0 Å². The average molecular weight is 416 g/mol. The Balaban J connectivity index is 1.92. The van der Waals surface area contributed by atoms with Crippen molar-refractivity contribution in [3.63, 3.8) is 0 Å². The summed E-state index contributed by atoms with van der Waals surface area (Å²) >= 11 is 0. The third kappa shape index (κ3) is 4.00. The van der Waals surface area contributed by atoms with Gasteiger partial charge in [0.15, 0.2) is 17.4 Å². The number of fused-ring (bicyclic) bond motifs is 1. The van der Waals surface area contributed by atoms with E-state index in [1.54, 1.807) is 5.32 Å². The van der Waals surface area contributed by atoms with Crippen molar-refractivity contribution in [1.29, 1.82) is 0 Å². The van der Waals surface area contributed by atoms with Crippen LogP contribution in [0.3, 0.4) is 0 Å². The zero-order valence-corrected chi connectivity index (χ0v) is 14.6. The highest BCUT2D eigenvalue weighted by Gasteiger charge is 2.45. The summed E-state index contributed by atoms with van der Waals surface area (Å²) in [5, 5.41) is 3.59. The number of aromatic nitrogens is 1. The maximum Gasteiger partial charge on any atom is 0.416 e. The SMILES string of the molecule is Cc1c([C@@H](NC(=O)Nc2c[nH]c(C(N)=O)c2)C(F)(F)F)oc2c(F)cc(F)cc12. The lowest BCUT2D eigenvalue weighted by molar-refractivity contribution is -0.158. The molecule has 29 heavy (non-hydrogen) atoms. The largest absolute Gasteiger partial charge is 0.455 e. The number of carbonyl (C=O) groups is 2. The van der Waals surface area contributed by atoms with Gasteiger partial charge in [0.25, 0.3) is 5.91 Å². The van der Waals surface area contributed by atoms with Crippen LogP contribution in [0.2, 0.25) is 0 Å². The average Bonchev–Trinajstić information content (AvgIpc) is 3.18. The second-order valence-electron chi connectivity index (χ2n) is 6.09. The predicted octanol–water partition coefficient (Wildman–Crippen LogP) is 3.87. The summed E-state index contributed by atoms with van der Waals surface area (Å²) in [5.74, 6) is -3.79. The third-order valence-electron chi connectivity index (χ3n) is 4.07. The number of halogens is 5. The van der Waals surface area contributed by atoms with Gasteiger partial charge in [-0.3, -0.25) is 4.79 Å². The normalized spacial score (nSPS) is 12.8. The zero-order chi connectivity index (χ0) is 21.5. The summed E-state index contributed by atoms with van der Waals surface area (Å²) < 4.78 is 73.0. The van der Waals surface area contributed by atoms with Crippen LogP contribution in [0.4, 0.5) is 32.4 Å². The number of nitrogens with two attached hydrogens (primary N) is 1. The Hall–Kier alpha value is -3.57. The predicted molar refractivity (Wildman–Crippen MR) is 91.1 cm³/mol. The molecule has 0 spiro atoms. The fraction of sp³-hybridized carbons (Fsp3) is 0.176. The van der Waals surface area contributed by atoms with E-state index in [2.05, 4.69) is 10.3 Å². The second kappa shape index (κ2) is 7.11. The van der Waals surface area contributed by atoms with Crippen molar-refractivity contribution >= 4 is 28.6 Å². The smallest absolute Gasteiger partial charge is 0.416 e. The maximum atomic E-state index is 13.9. The van der Waals surface area contributed by atoms with Crippen LogP contribution in [-0.2, 0) is 0 Å². The van der Waals surface area contributed by atoms with Crippen molar-refractivity contribution in [1.82, 2.24) is 10.3 Å². The first-order valence-corrected chi connectivity index (χ1v) is 7.98. The Bertz CT molecular complexity index is 1100. The van der Waals surface area contributed by atoms with E-state index < -0.39 is 47.1 Å². The van der Waals surface area contributed by atoms with Crippen LogP contribution in [0.25, 0.3) is 11.0 Å². The number of alkyl halides is 3. The van der Waals surface area contributed by atoms with Gasteiger partial charge in [0.1, 0.15) is 17.3 Å². The number of primary amides is 1. The molecule has 0 aliphatic heterocycles. The van der Waals surface area contributed by atoms with E-state index in [-0.39, 0.29) is 22.3 Å². The topological polar surface area (TPSA) is 113 Å². The Morgan fingerprint density at radius 2 is 1.90 bits per heavy atom. The first kappa shape index (κ1) is 20.2. The molecular formula is C17H13F5N4O3. The number of amides is 3. The monoisotopic (exact) mass is 416 g/mol. The van der Waals surface area contributed by atoms with E-state index in [1.807, 2.05) is 0 Å². The Labute approximate surface area is 159 Å². The molecular weight excluding hydrogens is 403 g/mol. The molecule has 3 aromatic rings. The minimum Gasteiger partial charge on any atom is -0.455 e. The fourth-order valence-corrected chi connectivity index (χ4v) is 2.74. The Morgan fingerprint density at radius 1 is 1.21 bits per heavy atom. The van der Waals surface area contributed by atoms with Crippen molar-refractivity contribution in [2.24, 2.45) is 5.73 Å². The molecule has 0 fully saturated rings. The van der Waals surface area contributed by atoms with Crippen molar-refractivity contribution in [2.75, 3.05) is 5.32 Å². The van der Waals surface area contributed by atoms with Gasteiger partial charge in [0.05, 0.1) is 5.69 Å². The molecule has 0 bridgehead atoms. The van der Waals surface area contributed by atoms with E-state index in [9.17, 15) is 31.5 Å². The van der Waals surface area contributed by atoms with Crippen LogP contribution in [0.5, 0.6) is 0 Å². The van der Waals surface area contributed by atoms with Crippen LogP contribution >= 0.6 is 0 Å². The summed E-state index contributed by atoms with van der Waals surface area (Å²) in [6.45, 7) is 1.18. The lowest BCUT2D eigenvalue weighted by Gasteiger charge is -2.20. The van der Waals surface area contributed by atoms with Crippen LogP contribution in [0, 0.1) is 18.6 Å². The number of nitrogens with one attached hydrogen (secondary N) is 3. The number of aryl methyl sites for hydroxylation is 1. The molecule has 3 amide bonds. The van der Waals surface area contributed by atoms with Gasteiger partial charge in [-0.25, -0.2) is 13.6 Å². The van der Waals surface area contributed by atoms with E-state index in [0.717, 1.165) is 18.3 Å². The van der Waals surface area contributed by atoms with Crippen molar-refractivity contribution in [3.05, 3.63) is 53.0 Å². The molecule has 12 heteroatoms. The number of hydrogen-bond acceptors (Lipinski definition) is 3. The Kier molecular flexibility index (Phi) is 4.95. The summed E-state index contributed by atoms with van der Waals surface area (Å²) in [7, 11) is 0. The molecule has 2 heterocycles. The highest BCUT2D eigenvalue weighted by atomic mass is 19.4. The first-order chi connectivity index (χ1) is 13.5. The van der Waals surface area contributed by atoms with Gasteiger partial charge < -0.3 is 25.8 Å². The summed E-state index contributed by atoms with van der Waals surface area (Å²) in [6, 6.07) is -1.50. The third-order valence-corrected chi connectivity index (χ3v) is 4.07. The minimum absolute atomic E-state index is 0.0216. The lowest BCUT2D eigenvalue weighted by atomic mass is 10.1. The summed E-state index contributed by atoms with van der Waals surface area (Å²) in [6.07, 6.45) is -3.87. The van der Waals surface area contributed by atoms with E-state index in [4.69, 9.17) is 10.2 Å². The van der Waals surface area contributed by atoms with E-state index in [0.29, 0.717) is 6.07 Å². The molecule has 154 valence electrons. The number of H-pyrrole nitrogens is 1. The number of furan rings is 1. The number of benzene rings is 1. The van der Waals surface area contributed by atoms with Gasteiger partial charge in [-0.15, -0.1) is 0 Å². The fourth-order valence-electron chi connectivity index (χ4n) is 2.74. The quantitative estimate of drug-likeness (QED) is 0.484. The summed E-state index contributed by atoms with van der Waals surface area (Å²) in [5.41, 5.74) is 4.19. The number of carbonyl (C=O) groups excluding carboxylic acids is 2. The molecule has 0 saturated carbocycles. The molecule has 0 unspecified atom stereocenters. The molecule has 3 rings (SSSR count). The van der Waals surface area contributed by atoms with Crippen LogP contribution < -0.4 is 16.4 Å². The minimum atomic E-state index is -5.01. The second-order valence-corrected chi connectivity index (χ2v) is 6.09. The van der Waals surface area contributed by atoms with Gasteiger partial charge in [-0.1, -0.05) is 0 Å². The molecule has 0 aliphatic rings. The number of urea groups is 1. The number of rotatable bonds is 4. The number of anilines is 1. The van der Waals surface area contributed by atoms with Crippen LogP contribution in [0.1, 0.15) is 27.9 Å². The maximum absolute atomic E-state index is 13.9. The van der Waals surface area contributed by atoms with Gasteiger partial charge in [0, 0.05) is 23.2 Å². The zero-order valence-electron chi connectivity index (χ0n) is 14.6. The van der Waals surface area contributed by atoms with E-state index >= 15 is 0 Å². The molecule has 7 nitrogen and oxygen atoms in total. The van der Waals surface area contributed by atoms with Gasteiger partial charge >= 0.3 is 12.2 Å². The van der Waals surface area contributed by atoms with Crippen LogP contribution in [-0.4, -0.2) is 23.1 Å². The van der Waals surface area contributed by atoms with Crippen molar-refractivity contribution in [3.8, 4) is 0 Å². The first-order valence-electron chi connectivity index (χ1n) is 7.98. The van der Waals surface area contributed by atoms with E-state index in [1.165, 1.54) is 6.92 Å². The molecule has 2 aromatic heterocycles. The van der Waals surface area contributed by atoms with Gasteiger partial charge in [-0.2, -0.15) is 13.2 Å². The lowest BCUT2D eigenvalue weighted by Crippen LogP contribution is -2.40. The number of aromatic amines is 1. The van der Waals surface area contributed by atoms with Crippen LogP contribution in [0.15, 0.2) is 28.8 Å². The molecule has 0 saturated heterocycles. The molecule has 5 N–H and O–H groups in total. The molecule has 0 radical (unpaired) electrons. The van der Waals surface area contributed by atoms with Crippen molar-refractivity contribution in [2.45, 2.75) is 19.1 Å².